The van der Waals surface area contributed by atoms with Gasteiger partial charge in [0.05, 0.1) is 10.6 Å². The van der Waals surface area contributed by atoms with Gasteiger partial charge in [-0.2, -0.15) is 0 Å². The molecule has 154 valence electrons. The minimum atomic E-state index is -3.63. The van der Waals surface area contributed by atoms with Crippen molar-refractivity contribution in [2.24, 2.45) is 0 Å². The fourth-order valence-corrected chi connectivity index (χ4v) is 5.30. The molecule has 0 bridgehead atoms. The van der Waals surface area contributed by atoms with Crippen molar-refractivity contribution in [2.75, 3.05) is 16.2 Å². The van der Waals surface area contributed by atoms with Crippen molar-refractivity contribution >= 4 is 27.3 Å². The number of fused-ring (bicyclic) bond motifs is 1. The van der Waals surface area contributed by atoms with Gasteiger partial charge in [-0.3, -0.25) is 9.10 Å². The van der Waals surface area contributed by atoms with Crippen LogP contribution in [0.4, 0.5) is 11.4 Å². The number of aryl methyl sites for hydroxylation is 3. The monoisotopic (exact) mass is 420 g/mol. The summed E-state index contributed by atoms with van der Waals surface area (Å²) in [6, 6.07) is 19.6. The Kier molecular flexibility index (Phi) is 5.35. The van der Waals surface area contributed by atoms with Crippen molar-refractivity contribution in [1.29, 1.82) is 0 Å². The fraction of sp³-hybridized carbons (Fsp3) is 0.208. The molecule has 0 aliphatic carbocycles. The summed E-state index contributed by atoms with van der Waals surface area (Å²) in [5.41, 5.74) is 4.89. The molecule has 0 unspecified atom stereocenters. The summed E-state index contributed by atoms with van der Waals surface area (Å²) in [5.74, 6) is -0.200. The van der Waals surface area contributed by atoms with Gasteiger partial charge in [-0.1, -0.05) is 30.3 Å². The molecule has 1 aliphatic heterocycles. The first-order valence-electron chi connectivity index (χ1n) is 9.95. The maximum absolute atomic E-state index is 13.1. The Balaban J connectivity index is 1.64. The largest absolute Gasteiger partial charge is 0.322 e. The van der Waals surface area contributed by atoms with E-state index in [1.165, 1.54) is 4.31 Å². The summed E-state index contributed by atoms with van der Waals surface area (Å²) >= 11 is 0. The van der Waals surface area contributed by atoms with Crippen molar-refractivity contribution in [1.82, 2.24) is 0 Å². The predicted molar refractivity (Wildman–Crippen MR) is 120 cm³/mol. The Bertz CT molecular complexity index is 1200. The minimum Gasteiger partial charge on any atom is -0.322 e. The Hall–Kier alpha value is -3.12. The molecule has 1 aliphatic rings. The zero-order valence-electron chi connectivity index (χ0n) is 17.1. The number of amides is 1. The normalized spacial score (nSPS) is 13.6. The zero-order valence-corrected chi connectivity index (χ0v) is 17.9. The van der Waals surface area contributed by atoms with Gasteiger partial charge in [-0.15, -0.1) is 0 Å². The molecule has 0 fully saturated rings. The first kappa shape index (κ1) is 20.2. The number of hydrogen-bond donors (Lipinski definition) is 1. The van der Waals surface area contributed by atoms with E-state index in [-0.39, 0.29) is 10.8 Å². The third-order valence-electron chi connectivity index (χ3n) is 5.39. The van der Waals surface area contributed by atoms with Gasteiger partial charge >= 0.3 is 0 Å². The van der Waals surface area contributed by atoms with Gasteiger partial charge in [0.1, 0.15) is 0 Å². The molecule has 0 atom stereocenters. The number of nitrogens with zero attached hydrogens (tertiary/aromatic N) is 1. The SMILES string of the molecule is Cc1ccc(C)c(NC(=O)c2ccc3c(c2)CCCN3S(=O)(=O)c2ccccc2)c1. The van der Waals surface area contributed by atoms with Gasteiger partial charge in [-0.25, -0.2) is 8.42 Å². The van der Waals surface area contributed by atoms with Crippen LogP contribution in [0.25, 0.3) is 0 Å². The number of carbonyl (C=O) groups is 1. The van der Waals surface area contributed by atoms with Crippen LogP contribution in [0, 0.1) is 13.8 Å². The number of sulfonamides is 1. The van der Waals surface area contributed by atoms with Gasteiger partial charge in [0.15, 0.2) is 0 Å². The van der Waals surface area contributed by atoms with Crippen LogP contribution in [0.1, 0.15) is 33.5 Å². The number of hydrogen-bond acceptors (Lipinski definition) is 3. The molecule has 1 heterocycles. The van der Waals surface area contributed by atoms with Crippen LogP contribution in [0.3, 0.4) is 0 Å². The first-order chi connectivity index (χ1) is 14.4. The van der Waals surface area contributed by atoms with Gasteiger partial charge in [0.25, 0.3) is 15.9 Å². The topological polar surface area (TPSA) is 66.5 Å². The maximum atomic E-state index is 13.1. The Labute approximate surface area is 177 Å². The third-order valence-corrected chi connectivity index (χ3v) is 7.22. The second-order valence-electron chi connectivity index (χ2n) is 7.61. The smallest absolute Gasteiger partial charge is 0.264 e. The maximum Gasteiger partial charge on any atom is 0.264 e. The number of rotatable bonds is 4. The van der Waals surface area contributed by atoms with Crippen LogP contribution < -0.4 is 9.62 Å². The van der Waals surface area contributed by atoms with Crippen molar-refractivity contribution in [3.05, 3.63) is 89.0 Å². The van der Waals surface area contributed by atoms with Crippen molar-refractivity contribution in [3.63, 3.8) is 0 Å². The number of benzene rings is 3. The summed E-state index contributed by atoms with van der Waals surface area (Å²) in [7, 11) is -3.63. The quantitative estimate of drug-likeness (QED) is 0.665. The van der Waals surface area contributed by atoms with E-state index in [0.717, 1.165) is 28.8 Å². The Morgan fingerprint density at radius 1 is 0.967 bits per heavy atom. The molecule has 3 aromatic carbocycles. The lowest BCUT2D eigenvalue weighted by atomic mass is 10.0. The van der Waals surface area contributed by atoms with E-state index in [0.29, 0.717) is 24.2 Å². The minimum absolute atomic E-state index is 0.200. The van der Waals surface area contributed by atoms with Crippen LogP contribution in [0.15, 0.2) is 71.6 Å². The molecule has 0 radical (unpaired) electrons. The van der Waals surface area contributed by atoms with Crippen molar-refractivity contribution < 1.29 is 13.2 Å². The highest BCUT2D eigenvalue weighted by Gasteiger charge is 2.29. The van der Waals surface area contributed by atoms with Gasteiger partial charge in [0, 0.05) is 17.8 Å². The summed E-state index contributed by atoms with van der Waals surface area (Å²) in [4.78, 5) is 13.1. The highest BCUT2D eigenvalue weighted by Crippen LogP contribution is 2.33. The molecule has 1 amide bonds. The molecule has 1 N–H and O–H groups in total. The molecular formula is C24H24N2O3S. The van der Waals surface area contributed by atoms with E-state index in [1.807, 2.05) is 38.1 Å². The zero-order chi connectivity index (χ0) is 21.3. The molecule has 0 aromatic heterocycles. The van der Waals surface area contributed by atoms with Crippen LogP contribution in [-0.4, -0.2) is 20.9 Å². The average Bonchev–Trinajstić information content (AvgIpc) is 2.76. The number of nitrogens with one attached hydrogen (secondary N) is 1. The van der Waals surface area contributed by atoms with Gasteiger partial charge in [-0.05, 0) is 79.8 Å². The Morgan fingerprint density at radius 3 is 2.50 bits per heavy atom. The van der Waals surface area contributed by atoms with E-state index >= 15 is 0 Å². The molecule has 6 heteroatoms. The summed E-state index contributed by atoms with van der Waals surface area (Å²) < 4.78 is 27.7. The van der Waals surface area contributed by atoms with Crippen molar-refractivity contribution in [3.8, 4) is 0 Å². The fourth-order valence-electron chi connectivity index (χ4n) is 3.74. The lowest BCUT2D eigenvalue weighted by molar-refractivity contribution is 0.102. The molecule has 30 heavy (non-hydrogen) atoms. The Morgan fingerprint density at radius 2 is 1.73 bits per heavy atom. The molecule has 5 nitrogen and oxygen atoms in total. The van der Waals surface area contributed by atoms with Crippen LogP contribution in [-0.2, 0) is 16.4 Å². The summed E-state index contributed by atoms with van der Waals surface area (Å²) in [6.07, 6.45) is 1.45. The standard InChI is InChI=1S/C24H24N2O3S/c1-17-10-11-18(2)22(15-17)25-24(27)20-12-13-23-19(16-20)7-6-14-26(23)30(28,29)21-8-4-3-5-9-21/h3-5,8-13,15-16H,6-7,14H2,1-2H3,(H,25,27). The van der Waals surface area contributed by atoms with E-state index in [2.05, 4.69) is 5.32 Å². The van der Waals surface area contributed by atoms with Crippen molar-refractivity contribution in [2.45, 2.75) is 31.6 Å². The predicted octanol–water partition coefficient (Wildman–Crippen LogP) is 4.70. The van der Waals surface area contributed by atoms with Crippen LogP contribution in [0.2, 0.25) is 0 Å². The molecule has 0 saturated heterocycles. The molecule has 0 spiro atoms. The van der Waals surface area contributed by atoms with E-state index < -0.39 is 10.0 Å². The molecule has 4 rings (SSSR count). The van der Waals surface area contributed by atoms with Crippen LogP contribution in [0.5, 0.6) is 0 Å². The molecule has 3 aromatic rings. The lowest BCUT2D eigenvalue weighted by Gasteiger charge is -2.30. The van der Waals surface area contributed by atoms with E-state index in [4.69, 9.17) is 0 Å². The van der Waals surface area contributed by atoms with E-state index in [9.17, 15) is 13.2 Å². The first-order valence-corrected chi connectivity index (χ1v) is 11.4. The second kappa shape index (κ2) is 7.95. The number of carbonyl (C=O) groups excluding carboxylic acids is 1. The highest BCUT2D eigenvalue weighted by atomic mass is 32.2. The third kappa shape index (κ3) is 3.83. The van der Waals surface area contributed by atoms with E-state index in [1.54, 1.807) is 42.5 Å². The summed E-state index contributed by atoms with van der Waals surface area (Å²) in [5, 5.41) is 2.97. The van der Waals surface area contributed by atoms with Gasteiger partial charge in [0.2, 0.25) is 0 Å². The summed E-state index contributed by atoms with van der Waals surface area (Å²) in [6.45, 7) is 4.36. The average molecular weight is 421 g/mol. The second-order valence-corrected chi connectivity index (χ2v) is 9.47. The van der Waals surface area contributed by atoms with Crippen LogP contribution >= 0.6 is 0 Å². The van der Waals surface area contributed by atoms with Gasteiger partial charge < -0.3 is 5.32 Å². The highest BCUT2D eigenvalue weighted by molar-refractivity contribution is 7.92. The lowest BCUT2D eigenvalue weighted by Crippen LogP contribution is -2.35. The molecular weight excluding hydrogens is 396 g/mol. The number of anilines is 2. The molecule has 0 saturated carbocycles.